The summed E-state index contributed by atoms with van der Waals surface area (Å²) >= 11 is 0. The van der Waals surface area contributed by atoms with E-state index in [1.54, 1.807) is 54.6 Å². The van der Waals surface area contributed by atoms with E-state index in [4.69, 9.17) is 9.47 Å². The summed E-state index contributed by atoms with van der Waals surface area (Å²) in [6, 6.07) is 23.0. The van der Waals surface area contributed by atoms with Crippen molar-refractivity contribution in [1.82, 2.24) is 5.43 Å². The third-order valence-corrected chi connectivity index (χ3v) is 3.93. The fourth-order valence-electron chi connectivity index (χ4n) is 2.47. The number of amides is 1. The van der Waals surface area contributed by atoms with Crippen molar-refractivity contribution in [1.29, 1.82) is 0 Å². The highest BCUT2D eigenvalue weighted by molar-refractivity contribution is 5.91. The maximum atomic E-state index is 12.1. The van der Waals surface area contributed by atoms with Gasteiger partial charge in [-0.15, -0.1) is 0 Å². The third kappa shape index (κ3) is 6.04. The van der Waals surface area contributed by atoms with Gasteiger partial charge in [0.15, 0.2) is 6.61 Å². The topological polar surface area (TPSA) is 77.0 Å². The van der Waals surface area contributed by atoms with E-state index < -0.39 is 5.97 Å². The number of nitrogens with one attached hydrogen (secondary N) is 1. The Morgan fingerprint density at radius 1 is 0.966 bits per heavy atom. The van der Waals surface area contributed by atoms with Gasteiger partial charge >= 0.3 is 5.97 Å². The van der Waals surface area contributed by atoms with E-state index in [0.717, 1.165) is 5.56 Å². The molecule has 0 atom stereocenters. The highest BCUT2D eigenvalue weighted by Gasteiger charge is 2.08. The number of ether oxygens (including phenoxy) is 2. The van der Waals surface area contributed by atoms with Crippen LogP contribution in [-0.2, 0) is 4.79 Å². The molecule has 3 aromatic rings. The highest BCUT2D eigenvalue weighted by Crippen LogP contribution is 2.16. The van der Waals surface area contributed by atoms with Crippen molar-refractivity contribution in [3.05, 3.63) is 95.6 Å². The molecule has 1 amide bonds. The molecule has 0 radical (unpaired) electrons. The normalized spacial score (nSPS) is 10.5. The molecule has 6 heteroatoms. The molecular weight excluding hydrogens is 368 g/mol. The summed E-state index contributed by atoms with van der Waals surface area (Å²) in [5.41, 5.74) is 4.49. The number of nitrogens with zero attached hydrogens (tertiary/aromatic N) is 1. The molecule has 0 fully saturated rings. The Bertz CT molecular complexity index is 1020. The summed E-state index contributed by atoms with van der Waals surface area (Å²) in [6.45, 7) is 1.76. The van der Waals surface area contributed by atoms with E-state index in [9.17, 15) is 9.59 Å². The van der Waals surface area contributed by atoms with Crippen LogP contribution in [-0.4, -0.2) is 24.7 Å². The molecule has 0 aliphatic rings. The molecule has 0 bridgehead atoms. The van der Waals surface area contributed by atoms with Gasteiger partial charge in [0.2, 0.25) is 0 Å². The van der Waals surface area contributed by atoms with Crippen molar-refractivity contribution >= 4 is 18.1 Å². The lowest BCUT2D eigenvalue weighted by Crippen LogP contribution is -2.24. The maximum absolute atomic E-state index is 12.1. The van der Waals surface area contributed by atoms with Gasteiger partial charge in [0.25, 0.3) is 5.91 Å². The Kier molecular flexibility index (Phi) is 6.73. The van der Waals surface area contributed by atoms with Crippen LogP contribution < -0.4 is 14.9 Å². The number of hydrazone groups is 1. The Balaban J connectivity index is 1.51. The second-order valence-electron chi connectivity index (χ2n) is 6.18. The quantitative estimate of drug-likeness (QED) is 0.289. The lowest BCUT2D eigenvalue weighted by atomic mass is 10.2. The van der Waals surface area contributed by atoms with Crippen molar-refractivity contribution in [3.8, 4) is 11.5 Å². The average Bonchev–Trinajstić information content (AvgIpc) is 2.74. The van der Waals surface area contributed by atoms with Gasteiger partial charge in [0.05, 0.1) is 11.8 Å². The maximum Gasteiger partial charge on any atom is 0.343 e. The van der Waals surface area contributed by atoms with Crippen molar-refractivity contribution in [3.63, 3.8) is 0 Å². The van der Waals surface area contributed by atoms with Crippen LogP contribution in [0.25, 0.3) is 0 Å². The Morgan fingerprint density at radius 2 is 1.72 bits per heavy atom. The van der Waals surface area contributed by atoms with Crippen LogP contribution in [0.15, 0.2) is 84.0 Å². The predicted octanol–water partition coefficient (Wildman–Crippen LogP) is 3.74. The molecule has 0 saturated heterocycles. The first-order valence-corrected chi connectivity index (χ1v) is 8.99. The molecule has 3 aromatic carbocycles. The standard InChI is InChI=1S/C23H20N2O4/c1-17-8-5-6-13-21(17)28-16-22(26)25-24-15-18-9-7-12-20(14-18)29-23(27)19-10-3-2-4-11-19/h2-15H,16H2,1H3,(H,25,26). The number of carbonyl (C=O) groups excluding carboxylic acids is 2. The van der Waals surface area contributed by atoms with Crippen molar-refractivity contribution < 1.29 is 19.1 Å². The summed E-state index contributed by atoms with van der Waals surface area (Å²) in [4.78, 5) is 24.0. The molecule has 29 heavy (non-hydrogen) atoms. The van der Waals surface area contributed by atoms with E-state index in [1.807, 2.05) is 31.2 Å². The predicted molar refractivity (Wildman–Crippen MR) is 110 cm³/mol. The van der Waals surface area contributed by atoms with Crippen molar-refractivity contribution in [2.75, 3.05) is 6.61 Å². The molecule has 0 heterocycles. The molecule has 0 aliphatic carbocycles. The van der Waals surface area contributed by atoms with Gasteiger partial charge in [0, 0.05) is 0 Å². The molecule has 146 valence electrons. The largest absolute Gasteiger partial charge is 0.483 e. The van der Waals surface area contributed by atoms with Crippen LogP contribution in [0.2, 0.25) is 0 Å². The van der Waals surface area contributed by atoms with Crippen molar-refractivity contribution in [2.24, 2.45) is 5.10 Å². The van der Waals surface area contributed by atoms with Crippen LogP contribution in [0.1, 0.15) is 21.5 Å². The molecule has 6 nitrogen and oxygen atoms in total. The van der Waals surface area contributed by atoms with Crippen LogP contribution >= 0.6 is 0 Å². The van der Waals surface area contributed by atoms with Gasteiger partial charge in [-0.25, -0.2) is 10.2 Å². The van der Waals surface area contributed by atoms with E-state index >= 15 is 0 Å². The second kappa shape index (κ2) is 9.85. The zero-order chi connectivity index (χ0) is 20.5. The zero-order valence-corrected chi connectivity index (χ0v) is 15.9. The smallest absolute Gasteiger partial charge is 0.343 e. The minimum atomic E-state index is -0.443. The summed E-state index contributed by atoms with van der Waals surface area (Å²) < 4.78 is 10.8. The minimum Gasteiger partial charge on any atom is -0.483 e. The van der Waals surface area contributed by atoms with Gasteiger partial charge in [0.1, 0.15) is 11.5 Å². The average molecular weight is 388 g/mol. The molecule has 3 rings (SSSR count). The number of benzene rings is 3. The van der Waals surface area contributed by atoms with E-state index in [2.05, 4.69) is 10.5 Å². The third-order valence-electron chi connectivity index (χ3n) is 3.93. The van der Waals surface area contributed by atoms with Crippen LogP contribution in [0.4, 0.5) is 0 Å². The summed E-state index contributed by atoms with van der Waals surface area (Å²) in [6.07, 6.45) is 1.46. The molecular formula is C23H20N2O4. The van der Waals surface area contributed by atoms with E-state index in [-0.39, 0.29) is 12.5 Å². The Labute approximate surface area is 168 Å². The van der Waals surface area contributed by atoms with Gasteiger partial charge in [-0.05, 0) is 48.4 Å². The molecule has 0 saturated carbocycles. The zero-order valence-electron chi connectivity index (χ0n) is 15.9. The van der Waals surface area contributed by atoms with Gasteiger partial charge in [-0.1, -0.05) is 48.5 Å². The van der Waals surface area contributed by atoms with Crippen LogP contribution in [0, 0.1) is 6.92 Å². The minimum absolute atomic E-state index is 0.142. The second-order valence-corrected chi connectivity index (χ2v) is 6.18. The number of hydrogen-bond donors (Lipinski definition) is 1. The van der Waals surface area contributed by atoms with Crippen LogP contribution in [0.5, 0.6) is 11.5 Å². The molecule has 0 aliphatic heterocycles. The van der Waals surface area contributed by atoms with Gasteiger partial charge in [-0.3, -0.25) is 4.79 Å². The molecule has 0 unspecified atom stereocenters. The molecule has 1 N–H and O–H groups in total. The SMILES string of the molecule is Cc1ccccc1OCC(=O)NN=Cc1cccc(OC(=O)c2ccccc2)c1. The first-order chi connectivity index (χ1) is 14.1. The summed E-state index contributed by atoms with van der Waals surface area (Å²) in [7, 11) is 0. The number of hydrogen-bond acceptors (Lipinski definition) is 5. The summed E-state index contributed by atoms with van der Waals surface area (Å²) in [5, 5.41) is 3.91. The fourth-order valence-corrected chi connectivity index (χ4v) is 2.47. The molecule has 0 spiro atoms. The first kappa shape index (κ1) is 19.8. The first-order valence-electron chi connectivity index (χ1n) is 8.99. The highest BCUT2D eigenvalue weighted by atomic mass is 16.5. The van der Waals surface area contributed by atoms with Crippen molar-refractivity contribution in [2.45, 2.75) is 6.92 Å². The van der Waals surface area contributed by atoms with Gasteiger partial charge < -0.3 is 9.47 Å². The monoisotopic (exact) mass is 388 g/mol. The Hall–Kier alpha value is -3.93. The Morgan fingerprint density at radius 3 is 2.52 bits per heavy atom. The number of rotatable bonds is 7. The number of para-hydroxylation sites is 1. The van der Waals surface area contributed by atoms with E-state index in [1.165, 1.54) is 6.21 Å². The molecule has 0 aromatic heterocycles. The number of carbonyl (C=O) groups is 2. The van der Waals surface area contributed by atoms with Gasteiger partial charge in [-0.2, -0.15) is 5.10 Å². The van der Waals surface area contributed by atoms with Crippen LogP contribution in [0.3, 0.4) is 0 Å². The number of esters is 1. The number of aryl methyl sites for hydroxylation is 1. The lowest BCUT2D eigenvalue weighted by Gasteiger charge is -2.07. The lowest BCUT2D eigenvalue weighted by molar-refractivity contribution is -0.123. The van der Waals surface area contributed by atoms with E-state index in [0.29, 0.717) is 22.6 Å². The summed E-state index contributed by atoms with van der Waals surface area (Å²) in [5.74, 6) is 0.217. The fraction of sp³-hybridized carbons (Fsp3) is 0.0870.